The first kappa shape index (κ1) is 13.1. The van der Waals surface area contributed by atoms with Crippen molar-refractivity contribution in [1.29, 1.82) is 0 Å². The Kier molecular flexibility index (Phi) is 4.60. The van der Waals surface area contributed by atoms with Gasteiger partial charge in [0.25, 0.3) is 0 Å². The van der Waals surface area contributed by atoms with Gasteiger partial charge < -0.3 is 5.73 Å². The molecular weight excluding hydrogens is 276 g/mol. The first-order chi connectivity index (χ1) is 8.20. The van der Waals surface area contributed by atoms with E-state index in [-0.39, 0.29) is 0 Å². The second-order valence-electron chi connectivity index (χ2n) is 5.02. The molecule has 0 aromatic heterocycles. The van der Waals surface area contributed by atoms with Gasteiger partial charge in [-0.2, -0.15) is 0 Å². The quantitative estimate of drug-likeness (QED) is 0.928. The van der Waals surface area contributed by atoms with Crippen LogP contribution in [0.3, 0.4) is 0 Å². The molecule has 2 nitrogen and oxygen atoms in total. The second-order valence-corrected chi connectivity index (χ2v) is 5.94. The summed E-state index contributed by atoms with van der Waals surface area (Å²) in [7, 11) is 0. The fourth-order valence-corrected chi connectivity index (χ4v) is 2.79. The Morgan fingerprint density at radius 3 is 2.41 bits per heavy atom. The van der Waals surface area contributed by atoms with E-state index in [0.717, 1.165) is 10.4 Å². The maximum atomic E-state index is 5.95. The van der Waals surface area contributed by atoms with Crippen molar-refractivity contribution in [2.24, 2.45) is 11.7 Å². The van der Waals surface area contributed by atoms with Gasteiger partial charge in [-0.3, -0.25) is 4.90 Å². The summed E-state index contributed by atoms with van der Waals surface area (Å²) < 4.78 is 1.13. The van der Waals surface area contributed by atoms with Gasteiger partial charge in [-0.05, 0) is 49.5 Å². The molecule has 0 aliphatic carbocycles. The summed E-state index contributed by atoms with van der Waals surface area (Å²) in [5.41, 5.74) is 7.29. The molecule has 1 unspecified atom stereocenters. The van der Waals surface area contributed by atoms with Crippen LogP contribution in [0.15, 0.2) is 28.7 Å². The SMILES string of the molecule is CC1CCN(C(CN)c2ccc(Br)cc2)CC1. The maximum Gasteiger partial charge on any atom is 0.0470 e. The first-order valence-electron chi connectivity index (χ1n) is 6.40. The monoisotopic (exact) mass is 296 g/mol. The molecule has 3 heteroatoms. The molecule has 1 fully saturated rings. The molecule has 1 aliphatic rings. The summed E-state index contributed by atoms with van der Waals surface area (Å²) in [5.74, 6) is 0.870. The van der Waals surface area contributed by atoms with Crippen LogP contribution in [0.1, 0.15) is 31.4 Å². The lowest BCUT2D eigenvalue weighted by molar-refractivity contribution is 0.141. The fraction of sp³-hybridized carbons (Fsp3) is 0.571. The van der Waals surface area contributed by atoms with Gasteiger partial charge in [0.05, 0.1) is 0 Å². The highest BCUT2D eigenvalue weighted by molar-refractivity contribution is 9.10. The fourth-order valence-electron chi connectivity index (χ4n) is 2.52. The number of nitrogens with two attached hydrogens (primary N) is 1. The third kappa shape index (κ3) is 3.30. The standard InChI is InChI=1S/C14H21BrN2/c1-11-6-8-17(9-7-11)14(10-16)12-2-4-13(15)5-3-12/h2-5,11,14H,6-10,16H2,1H3. The number of piperidine rings is 1. The van der Waals surface area contributed by atoms with Crippen LogP contribution in [0.2, 0.25) is 0 Å². The van der Waals surface area contributed by atoms with E-state index in [4.69, 9.17) is 5.73 Å². The zero-order valence-corrected chi connectivity index (χ0v) is 12.0. The van der Waals surface area contributed by atoms with Crippen LogP contribution >= 0.6 is 15.9 Å². The number of rotatable bonds is 3. The number of hydrogen-bond donors (Lipinski definition) is 1. The molecule has 2 rings (SSSR count). The molecule has 94 valence electrons. The van der Waals surface area contributed by atoms with E-state index in [1.807, 2.05) is 0 Å². The van der Waals surface area contributed by atoms with Crippen LogP contribution in [0, 0.1) is 5.92 Å². The molecule has 0 bridgehead atoms. The van der Waals surface area contributed by atoms with Crippen LogP contribution in [0.5, 0.6) is 0 Å². The van der Waals surface area contributed by atoms with E-state index in [0.29, 0.717) is 12.6 Å². The highest BCUT2D eigenvalue weighted by atomic mass is 79.9. The van der Waals surface area contributed by atoms with Crippen molar-refractivity contribution in [2.75, 3.05) is 19.6 Å². The van der Waals surface area contributed by atoms with Gasteiger partial charge in [0.1, 0.15) is 0 Å². The topological polar surface area (TPSA) is 29.3 Å². The largest absolute Gasteiger partial charge is 0.329 e. The van der Waals surface area contributed by atoms with Crippen LogP contribution in [-0.2, 0) is 0 Å². The molecule has 1 aromatic carbocycles. The number of benzene rings is 1. The average Bonchev–Trinajstić information content (AvgIpc) is 2.35. The van der Waals surface area contributed by atoms with Gasteiger partial charge in [-0.25, -0.2) is 0 Å². The third-order valence-corrected chi connectivity index (χ3v) is 4.27. The summed E-state index contributed by atoms with van der Waals surface area (Å²) in [6, 6.07) is 8.95. The van der Waals surface area contributed by atoms with E-state index in [1.165, 1.54) is 31.5 Å². The highest BCUT2D eigenvalue weighted by Gasteiger charge is 2.23. The predicted molar refractivity (Wildman–Crippen MR) is 75.9 cm³/mol. The van der Waals surface area contributed by atoms with Gasteiger partial charge in [-0.15, -0.1) is 0 Å². The molecule has 17 heavy (non-hydrogen) atoms. The van der Waals surface area contributed by atoms with E-state index in [1.54, 1.807) is 0 Å². The van der Waals surface area contributed by atoms with Gasteiger partial charge in [0.2, 0.25) is 0 Å². The Morgan fingerprint density at radius 1 is 1.29 bits per heavy atom. The van der Waals surface area contributed by atoms with Crippen molar-refractivity contribution in [3.63, 3.8) is 0 Å². The molecule has 1 atom stereocenters. The Hall–Kier alpha value is -0.380. The molecule has 0 saturated carbocycles. The number of nitrogens with zero attached hydrogens (tertiary/aromatic N) is 1. The second kappa shape index (κ2) is 5.98. The van der Waals surface area contributed by atoms with Gasteiger partial charge in [-0.1, -0.05) is 35.0 Å². The molecule has 0 amide bonds. The Morgan fingerprint density at radius 2 is 1.88 bits per heavy atom. The van der Waals surface area contributed by atoms with Crippen molar-refractivity contribution in [3.05, 3.63) is 34.3 Å². The van der Waals surface area contributed by atoms with Gasteiger partial charge in [0.15, 0.2) is 0 Å². The Labute approximate surface area is 112 Å². The zero-order chi connectivity index (χ0) is 12.3. The molecule has 1 aliphatic heterocycles. The lowest BCUT2D eigenvalue weighted by Gasteiger charge is -2.36. The van der Waals surface area contributed by atoms with E-state index in [2.05, 4.69) is 52.0 Å². The molecule has 1 heterocycles. The zero-order valence-electron chi connectivity index (χ0n) is 10.4. The molecule has 1 saturated heterocycles. The van der Waals surface area contributed by atoms with E-state index in [9.17, 15) is 0 Å². The van der Waals surface area contributed by atoms with Crippen molar-refractivity contribution in [2.45, 2.75) is 25.8 Å². The predicted octanol–water partition coefficient (Wildman–Crippen LogP) is 3.18. The summed E-state index contributed by atoms with van der Waals surface area (Å²) in [4.78, 5) is 2.53. The first-order valence-corrected chi connectivity index (χ1v) is 7.19. The lowest BCUT2D eigenvalue weighted by atomic mass is 9.96. The highest BCUT2D eigenvalue weighted by Crippen LogP contribution is 2.26. The summed E-state index contributed by atoms with van der Waals surface area (Å²) >= 11 is 3.48. The van der Waals surface area contributed by atoms with Crippen molar-refractivity contribution in [1.82, 2.24) is 4.90 Å². The molecule has 1 aromatic rings. The normalized spacial score (nSPS) is 20.4. The number of halogens is 1. The summed E-state index contributed by atoms with van der Waals surface area (Å²) in [5, 5.41) is 0. The summed E-state index contributed by atoms with van der Waals surface area (Å²) in [6.45, 7) is 5.41. The summed E-state index contributed by atoms with van der Waals surface area (Å²) in [6.07, 6.45) is 2.60. The molecule has 0 spiro atoms. The van der Waals surface area contributed by atoms with E-state index >= 15 is 0 Å². The Bertz CT molecular complexity index is 342. The number of hydrogen-bond acceptors (Lipinski definition) is 2. The van der Waals surface area contributed by atoms with Crippen LogP contribution < -0.4 is 5.73 Å². The van der Waals surface area contributed by atoms with Crippen LogP contribution in [-0.4, -0.2) is 24.5 Å². The maximum absolute atomic E-state index is 5.95. The van der Waals surface area contributed by atoms with E-state index < -0.39 is 0 Å². The minimum absolute atomic E-state index is 0.385. The smallest absolute Gasteiger partial charge is 0.0470 e. The van der Waals surface area contributed by atoms with Crippen molar-refractivity contribution >= 4 is 15.9 Å². The van der Waals surface area contributed by atoms with Crippen molar-refractivity contribution in [3.8, 4) is 0 Å². The minimum atomic E-state index is 0.385. The van der Waals surface area contributed by atoms with Gasteiger partial charge in [0, 0.05) is 17.1 Å². The van der Waals surface area contributed by atoms with Crippen LogP contribution in [0.4, 0.5) is 0 Å². The lowest BCUT2D eigenvalue weighted by Crippen LogP contribution is -2.39. The van der Waals surface area contributed by atoms with Gasteiger partial charge >= 0.3 is 0 Å². The Balaban J connectivity index is 2.08. The minimum Gasteiger partial charge on any atom is -0.329 e. The molecule has 0 radical (unpaired) electrons. The van der Waals surface area contributed by atoms with Crippen molar-refractivity contribution < 1.29 is 0 Å². The molecule has 2 N–H and O–H groups in total. The molecular formula is C14H21BrN2. The number of likely N-dealkylation sites (tertiary alicyclic amines) is 1. The van der Waals surface area contributed by atoms with Crippen LogP contribution in [0.25, 0.3) is 0 Å². The third-order valence-electron chi connectivity index (χ3n) is 3.74. The average molecular weight is 297 g/mol.